The molecule has 0 saturated carbocycles. The molecule has 1 saturated heterocycles. The van der Waals surface area contributed by atoms with Crippen molar-refractivity contribution < 1.29 is 22.4 Å². The van der Waals surface area contributed by atoms with Gasteiger partial charge in [-0.25, -0.2) is 9.18 Å². The molecule has 1 aliphatic rings. The van der Waals surface area contributed by atoms with Gasteiger partial charge in [0.05, 0.1) is 16.3 Å². The molecule has 0 unspecified atom stereocenters. The summed E-state index contributed by atoms with van der Waals surface area (Å²) in [6.45, 7) is 2.20. The summed E-state index contributed by atoms with van der Waals surface area (Å²) >= 11 is 6.05. The number of halogens is 5. The summed E-state index contributed by atoms with van der Waals surface area (Å²) in [6.07, 6.45) is -2.69. The van der Waals surface area contributed by atoms with Crippen molar-refractivity contribution in [2.75, 3.05) is 26.2 Å². The number of nitrogens with zero attached hydrogens (tertiary/aromatic N) is 2. The minimum atomic E-state index is -4.79. The Bertz CT molecular complexity index is 1180. The van der Waals surface area contributed by atoms with Crippen LogP contribution < -0.4 is 10.6 Å². The number of alkyl halides is 3. The van der Waals surface area contributed by atoms with Crippen LogP contribution in [0.3, 0.4) is 0 Å². The molecule has 0 spiro atoms. The van der Waals surface area contributed by atoms with Crippen molar-refractivity contribution in [1.82, 2.24) is 20.5 Å². The Balaban J connectivity index is 1.91. The molecule has 2 heterocycles. The maximum atomic E-state index is 14.7. The molecule has 1 aliphatic heterocycles. The lowest BCUT2D eigenvalue weighted by Gasteiger charge is -2.37. The van der Waals surface area contributed by atoms with E-state index in [4.69, 9.17) is 11.6 Å². The van der Waals surface area contributed by atoms with Crippen molar-refractivity contribution >= 4 is 17.6 Å². The smallest absolute Gasteiger partial charge is 0.323 e. The Hall–Kier alpha value is -3.17. The number of hydrogen-bond donors (Lipinski definition) is 2. The molecule has 1 aromatic heterocycles. The first-order chi connectivity index (χ1) is 17.2. The van der Waals surface area contributed by atoms with Crippen LogP contribution >= 0.6 is 11.6 Å². The molecular formula is C26H25ClF4N4O. The van der Waals surface area contributed by atoms with Crippen LogP contribution in [0.4, 0.5) is 22.4 Å². The maximum absolute atomic E-state index is 14.7. The second-order valence-corrected chi connectivity index (χ2v) is 9.11. The molecule has 0 aliphatic carbocycles. The second kappa shape index (κ2) is 10.8. The van der Waals surface area contributed by atoms with Crippen molar-refractivity contribution in [1.29, 1.82) is 0 Å². The molecular weight excluding hydrogens is 496 g/mol. The van der Waals surface area contributed by atoms with E-state index in [1.54, 1.807) is 35.2 Å². The number of urea groups is 1. The van der Waals surface area contributed by atoms with E-state index in [2.05, 4.69) is 15.6 Å². The van der Waals surface area contributed by atoms with Crippen LogP contribution in [0, 0.1) is 5.82 Å². The summed E-state index contributed by atoms with van der Waals surface area (Å²) in [5, 5.41) is 6.48. The minimum absolute atomic E-state index is 0.0288. The van der Waals surface area contributed by atoms with Crippen LogP contribution in [0.5, 0.6) is 0 Å². The minimum Gasteiger partial charge on any atom is -0.323 e. The summed E-state index contributed by atoms with van der Waals surface area (Å²) in [4.78, 5) is 19.5. The highest BCUT2D eigenvalue weighted by atomic mass is 35.5. The van der Waals surface area contributed by atoms with Gasteiger partial charge in [-0.2, -0.15) is 13.2 Å². The van der Waals surface area contributed by atoms with Gasteiger partial charge in [-0.15, -0.1) is 0 Å². The van der Waals surface area contributed by atoms with Gasteiger partial charge in [0.2, 0.25) is 0 Å². The van der Waals surface area contributed by atoms with E-state index < -0.39 is 29.1 Å². The van der Waals surface area contributed by atoms with Gasteiger partial charge in [0, 0.05) is 32.3 Å². The summed E-state index contributed by atoms with van der Waals surface area (Å²) in [5.41, 5.74) is -1.90. The fraction of sp³-hybridized carbons (Fsp3) is 0.308. The zero-order chi connectivity index (χ0) is 25.8. The SMILES string of the molecule is O=C(N[C@@](Cc1ccccc1)(c1cc(F)cc(C(F)(F)F)c1)c1ccc(Cl)cn1)N1CCCNCC1. The van der Waals surface area contributed by atoms with Crippen molar-refractivity contribution in [2.24, 2.45) is 0 Å². The molecule has 10 heteroatoms. The zero-order valence-electron chi connectivity index (χ0n) is 19.3. The molecule has 0 bridgehead atoms. The quantitative estimate of drug-likeness (QED) is 0.444. The van der Waals surface area contributed by atoms with Crippen molar-refractivity contribution in [3.05, 3.63) is 100 Å². The topological polar surface area (TPSA) is 57.3 Å². The standard InChI is InChI=1S/C26H25ClF4N4O/c27-21-7-8-23(33-17-21)25(16-18-5-2-1-3-6-18,34-24(36)35-11-4-9-32-10-12-35)19-13-20(26(29,30)31)15-22(28)14-19/h1-3,5-8,13-15,17,32H,4,9-12,16H2,(H,34,36)/t25-/m0/s1. The lowest BCUT2D eigenvalue weighted by atomic mass is 9.79. The first kappa shape index (κ1) is 25.9. The Morgan fingerprint density at radius 3 is 2.47 bits per heavy atom. The number of nitrogens with one attached hydrogen (secondary N) is 2. The van der Waals surface area contributed by atoms with Gasteiger partial charge in [-0.3, -0.25) is 4.98 Å². The van der Waals surface area contributed by atoms with E-state index in [1.165, 1.54) is 18.3 Å². The van der Waals surface area contributed by atoms with Gasteiger partial charge in [0.25, 0.3) is 0 Å². The average molecular weight is 521 g/mol. The van der Waals surface area contributed by atoms with Gasteiger partial charge >= 0.3 is 12.2 Å². The fourth-order valence-corrected chi connectivity index (χ4v) is 4.47. The molecule has 1 fully saturated rings. The van der Waals surface area contributed by atoms with Gasteiger partial charge < -0.3 is 15.5 Å². The van der Waals surface area contributed by atoms with Crippen LogP contribution in [0.2, 0.25) is 5.02 Å². The molecule has 190 valence electrons. The van der Waals surface area contributed by atoms with Crippen LogP contribution in [0.25, 0.3) is 0 Å². The summed E-state index contributed by atoms with van der Waals surface area (Å²) in [7, 11) is 0. The summed E-state index contributed by atoms with van der Waals surface area (Å²) in [6, 6.07) is 13.9. The van der Waals surface area contributed by atoms with E-state index >= 15 is 0 Å². The van der Waals surface area contributed by atoms with E-state index in [9.17, 15) is 22.4 Å². The lowest BCUT2D eigenvalue weighted by Crippen LogP contribution is -2.54. The van der Waals surface area contributed by atoms with E-state index in [0.717, 1.165) is 25.1 Å². The number of carbonyl (C=O) groups excluding carboxylic acids is 1. The Morgan fingerprint density at radius 1 is 1.03 bits per heavy atom. The lowest BCUT2D eigenvalue weighted by molar-refractivity contribution is -0.137. The predicted octanol–water partition coefficient (Wildman–Crippen LogP) is 5.38. The van der Waals surface area contributed by atoms with Gasteiger partial charge in [-0.05, 0) is 54.4 Å². The predicted molar refractivity (Wildman–Crippen MR) is 129 cm³/mol. The number of pyridine rings is 1. The molecule has 1 atom stereocenters. The number of carbonyl (C=O) groups is 1. The normalized spacial score (nSPS) is 16.2. The molecule has 2 aromatic carbocycles. The highest BCUT2D eigenvalue weighted by molar-refractivity contribution is 6.30. The monoisotopic (exact) mass is 520 g/mol. The van der Waals surface area contributed by atoms with Crippen molar-refractivity contribution in [2.45, 2.75) is 24.6 Å². The Kier molecular flexibility index (Phi) is 7.80. The maximum Gasteiger partial charge on any atom is 0.416 e. The van der Waals surface area contributed by atoms with Crippen molar-refractivity contribution in [3.8, 4) is 0 Å². The third-order valence-electron chi connectivity index (χ3n) is 6.14. The van der Waals surface area contributed by atoms with E-state index in [-0.39, 0.29) is 17.7 Å². The molecule has 2 amide bonds. The number of amides is 2. The number of aromatic nitrogens is 1. The van der Waals surface area contributed by atoms with Gasteiger partial charge in [-0.1, -0.05) is 41.9 Å². The molecule has 4 rings (SSSR count). The molecule has 36 heavy (non-hydrogen) atoms. The Labute approximate surface area is 211 Å². The van der Waals surface area contributed by atoms with Crippen LogP contribution in [0.15, 0.2) is 66.9 Å². The third-order valence-corrected chi connectivity index (χ3v) is 6.37. The highest BCUT2D eigenvalue weighted by Gasteiger charge is 2.41. The zero-order valence-corrected chi connectivity index (χ0v) is 20.0. The first-order valence-electron chi connectivity index (χ1n) is 11.5. The summed E-state index contributed by atoms with van der Waals surface area (Å²) < 4.78 is 55.8. The highest BCUT2D eigenvalue weighted by Crippen LogP contribution is 2.38. The number of benzene rings is 2. The second-order valence-electron chi connectivity index (χ2n) is 8.68. The van der Waals surface area contributed by atoms with Gasteiger partial charge in [0.1, 0.15) is 11.4 Å². The Morgan fingerprint density at radius 2 is 1.78 bits per heavy atom. The number of hydrogen-bond acceptors (Lipinski definition) is 3. The van der Waals surface area contributed by atoms with Crippen molar-refractivity contribution in [3.63, 3.8) is 0 Å². The third kappa shape index (κ3) is 5.96. The molecule has 3 aromatic rings. The fourth-order valence-electron chi connectivity index (χ4n) is 4.36. The largest absolute Gasteiger partial charge is 0.416 e. The van der Waals surface area contributed by atoms with Crippen LogP contribution in [-0.4, -0.2) is 42.1 Å². The average Bonchev–Trinajstić information content (AvgIpc) is 3.14. The molecule has 5 nitrogen and oxygen atoms in total. The van der Waals surface area contributed by atoms with E-state index in [1.807, 2.05) is 0 Å². The summed E-state index contributed by atoms with van der Waals surface area (Å²) in [5.74, 6) is -1.07. The van der Waals surface area contributed by atoms with Crippen LogP contribution in [0.1, 0.15) is 28.8 Å². The van der Waals surface area contributed by atoms with Gasteiger partial charge in [0.15, 0.2) is 0 Å². The first-order valence-corrected chi connectivity index (χ1v) is 11.9. The molecule has 2 N–H and O–H groups in total. The van der Waals surface area contributed by atoms with Crippen LogP contribution in [-0.2, 0) is 18.1 Å². The molecule has 0 radical (unpaired) electrons. The van der Waals surface area contributed by atoms with E-state index in [0.29, 0.717) is 36.3 Å². The number of rotatable bonds is 5.